The van der Waals surface area contributed by atoms with Crippen molar-refractivity contribution in [3.63, 3.8) is 0 Å². The van der Waals surface area contributed by atoms with E-state index in [1.54, 1.807) is 0 Å². The van der Waals surface area contributed by atoms with Gasteiger partial charge in [0.2, 0.25) is 5.91 Å². The van der Waals surface area contributed by atoms with Gasteiger partial charge >= 0.3 is 13.8 Å². The molecular weight excluding hydrogens is 952 g/mol. The monoisotopic (exact) mass is 1080 g/mol. The zero-order chi connectivity index (χ0) is 55.0. The topological polar surface area (TPSA) is 111 Å². The third-order valence-electron chi connectivity index (χ3n) is 14.6. The molecule has 2 N–H and O–H groups in total. The molecule has 3 unspecified atom stereocenters. The number of esters is 1. The van der Waals surface area contributed by atoms with E-state index in [0.717, 1.165) is 77.0 Å². The second-order valence-corrected chi connectivity index (χ2v) is 24.7. The minimum absolute atomic E-state index is 0.0404. The number of phosphoric acid groups is 1. The summed E-state index contributed by atoms with van der Waals surface area (Å²) in [5.41, 5.74) is 0. The Hall–Kier alpha value is -1.77. The molecule has 0 aliphatic heterocycles. The van der Waals surface area contributed by atoms with Gasteiger partial charge in [0.15, 0.2) is 0 Å². The zero-order valence-corrected chi connectivity index (χ0v) is 51.5. The average Bonchev–Trinajstić information content (AvgIpc) is 3.37. The van der Waals surface area contributed by atoms with Crippen molar-refractivity contribution in [2.45, 2.75) is 328 Å². The highest BCUT2D eigenvalue weighted by molar-refractivity contribution is 7.47. The maximum atomic E-state index is 13.5. The summed E-state index contributed by atoms with van der Waals surface area (Å²) in [6.07, 6.45) is 67.1. The number of carbonyl (C=O) groups is 2. The molecule has 0 aliphatic rings. The van der Waals surface area contributed by atoms with E-state index >= 15 is 0 Å². The van der Waals surface area contributed by atoms with Crippen molar-refractivity contribution in [2.24, 2.45) is 0 Å². The normalized spacial score (nSPS) is 13.9. The molecule has 3 atom stereocenters. The highest BCUT2D eigenvalue weighted by Gasteiger charge is 2.30. The Labute approximate surface area is 466 Å². The van der Waals surface area contributed by atoms with Crippen molar-refractivity contribution in [1.82, 2.24) is 5.32 Å². The fraction of sp³-hybridized carbons (Fsp3) is 0.877. The molecule has 0 bridgehead atoms. The predicted octanol–water partition coefficient (Wildman–Crippen LogP) is 19.9. The van der Waals surface area contributed by atoms with E-state index in [1.807, 2.05) is 33.3 Å². The number of phosphoric ester groups is 1. The van der Waals surface area contributed by atoms with Crippen LogP contribution >= 0.6 is 7.82 Å². The number of carbonyl (C=O) groups excluding carboxylic acids is 2. The molecule has 0 spiro atoms. The van der Waals surface area contributed by atoms with E-state index in [1.165, 1.54) is 205 Å². The lowest BCUT2D eigenvalue weighted by atomic mass is 10.0. The van der Waals surface area contributed by atoms with Crippen LogP contribution in [-0.4, -0.2) is 74.3 Å². The first-order valence-corrected chi connectivity index (χ1v) is 33.8. The van der Waals surface area contributed by atoms with Gasteiger partial charge in [-0.05, 0) is 83.1 Å². The van der Waals surface area contributed by atoms with Gasteiger partial charge in [-0.25, -0.2) is 4.57 Å². The van der Waals surface area contributed by atoms with Crippen LogP contribution in [0.4, 0.5) is 0 Å². The molecule has 0 saturated carbocycles. The molecule has 442 valence electrons. The lowest BCUT2D eigenvalue weighted by Crippen LogP contribution is -2.47. The molecule has 75 heavy (non-hydrogen) atoms. The molecule has 0 saturated heterocycles. The molecule has 10 heteroatoms. The van der Waals surface area contributed by atoms with E-state index < -0.39 is 20.0 Å². The molecule has 0 fully saturated rings. The van der Waals surface area contributed by atoms with Crippen molar-refractivity contribution in [2.75, 3.05) is 40.9 Å². The summed E-state index contributed by atoms with van der Waals surface area (Å²) < 4.78 is 30.7. The van der Waals surface area contributed by atoms with Crippen molar-refractivity contribution < 1.29 is 37.3 Å². The molecule has 0 rings (SSSR count). The molecular formula is C65H126N2O7P+. The Morgan fingerprint density at radius 2 is 0.773 bits per heavy atom. The van der Waals surface area contributed by atoms with Gasteiger partial charge in [0.1, 0.15) is 19.3 Å². The van der Waals surface area contributed by atoms with Crippen molar-refractivity contribution in [3.8, 4) is 0 Å². The Balaban J connectivity index is 5.19. The average molecular weight is 1080 g/mol. The van der Waals surface area contributed by atoms with Gasteiger partial charge in [-0.2, -0.15) is 0 Å². The van der Waals surface area contributed by atoms with Gasteiger partial charge in [-0.3, -0.25) is 18.6 Å². The number of hydrogen-bond acceptors (Lipinski definition) is 6. The number of rotatable bonds is 59. The zero-order valence-electron chi connectivity index (χ0n) is 50.6. The molecule has 0 aromatic heterocycles. The minimum Gasteiger partial charge on any atom is -0.456 e. The number of likely N-dealkylation sites (N-methyl/N-ethyl adjacent to an activating group) is 1. The summed E-state index contributed by atoms with van der Waals surface area (Å²) >= 11 is 0. The molecule has 0 radical (unpaired) electrons. The van der Waals surface area contributed by atoms with Crippen LogP contribution < -0.4 is 5.32 Å². The maximum absolute atomic E-state index is 13.5. The number of amides is 1. The van der Waals surface area contributed by atoms with E-state index in [-0.39, 0.29) is 25.1 Å². The Morgan fingerprint density at radius 1 is 0.453 bits per heavy atom. The molecule has 0 heterocycles. The van der Waals surface area contributed by atoms with Crippen LogP contribution in [0.25, 0.3) is 0 Å². The first kappa shape index (κ1) is 73.2. The van der Waals surface area contributed by atoms with Crippen LogP contribution in [0.1, 0.15) is 316 Å². The summed E-state index contributed by atoms with van der Waals surface area (Å²) in [5.74, 6) is -0.503. The molecule has 9 nitrogen and oxygen atoms in total. The Morgan fingerprint density at radius 3 is 1.13 bits per heavy atom. The van der Waals surface area contributed by atoms with Crippen LogP contribution in [-0.2, 0) is 27.9 Å². The molecule has 0 aliphatic carbocycles. The van der Waals surface area contributed by atoms with Gasteiger partial charge in [-0.15, -0.1) is 0 Å². The van der Waals surface area contributed by atoms with Crippen molar-refractivity contribution in [1.29, 1.82) is 0 Å². The van der Waals surface area contributed by atoms with Gasteiger partial charge in [0.05, 0.1) is 33.8 Å². The van der Waals surface area contributed by atoms with Crippen LogP contribution in [0.5, 0.6) is 0 Å². The third kappa shape index (κ3) is 56.8. The van der Waals surface area contributed by atoms with Crippen LogP contribution in [0, 0.1) is 0 Å². The number of allylic oxidation sites excluding steroid dienone is 5. The molecule has 0 aromatic rings. The maximum Gasteiger partial charge on any atom is 0.472 e. The largest absolute Gasteiger partial charge is 0.472 e. The summed E-state index contributed by atoms with van der Waals surface area (Å²) in [7, 11) is 1.50. The minimum atomic E-state index is -4.45. The molecule has 0 aromatic carbocycles. The number of unbranched alkanes of at least 4 members (excludes halogenated alkanes) is 39. The number of nitrogens with zero attached hydrogens (tertiary/aromatic N) is 1. The highest BCUT2D eigenvalue weighted by atomic mass is 31.2. The van der Waals surface area contributed by atoms with E-state index in [2.05, 4.69) is 50.4 Å². The Bertz CT molecular complexity index is 1380. The first-order chi connectivity index (χ1) is 36.4. The van der Waals surface area contributed by atoms with E-state index in [9.17, 15) is 19.0 Å². The van der Waals surface area contributed by atoms with Crippen molar-refractivity contribution in [3.05, 3.63) is 36.5 Å². The fourth-order valence-corrected chi connectivity index (χ4v) is 10.3. The second-order valence-electron chi connectivity index (χ2n) is 23.3. The van der Waals surface area contributed by atoms with Crippen LogP contribution in [0.3, 0.4) is 0 Å². The van der Waals surface area contributed by atoms with Crippen LogP contribution in [0.15, 0.2) is 36.5 Å². The quantitative estimate of drug-likeness (QED) is 0.0205. The van der Waals surface area contributed by atoms with Gasteiger partial charge in [0, 0.05) is 12.8 Å². The van der Waals surface area contributed by atoms with Crippen molar-refractivity contribution >= 4 is 19.7 Å². The lowest BCUT2D eigenvalue weighted by Gasteiger charge is -2.27. The fourth-order valence-electron chi connectivity index (χ4n) is 9.52. The predicted molar refractivity (Wildman–Crippen MR) is 323 cm³/mol. The first-order valence-electron chi connectivity index (χ1n) is 32.3. The summed E-state index contributed by atoms with van der Waals surface area (Å²) in [4.78, 5) is 37.7. The van der Waals surface area contributed by atoms with Gasteiger partial charge in [-0.1, -0.05) is 257 Å². The SMILES string of the molecule is CCCCCCCC/C=C/CCCCCCCCCCCCCC(=O)OC(/C=C/CCCCCCCCCCCC)C(COP(=O)(O)OCC[N+](C)(C)C)NC(=O)CCCCCCC/C=C/CCCCCCCCC. The summed E-state index contributed by atoms with van der Waals surface area (Å²) in [6.45, 7) is 7.03. The standard InChI is InChI=1S/C65H125N2O7P/c1-7-10-13-16-19-22-25-28-30-32-33-34-35-36-38-40-43-46-49-52-55-58-65(69)74-63(56-53-50-47-44-41-27-24-21-18-15-12-9-3)62(61-73-75(70,71)72-60-59-67(4,5)6)66-64(68)57-54-51-48-45-42-39-37-31-29-26-23-20-17-14-11-8-2/h28,30-31,37,53,56,62-63H,7-27,29,32-36,38-52,54-55,57-61H2,1-6H3,(H-,66,68,70,71)/p+1/b30-28+,37-31+,56-53+. The number of nitrogens with one attached hydrogen (secondary N) is 1. The third-order valence-corrected chi connectivity index (χ3v) is 15.5. The summed E-state index contributed by atoms with van der Waals surface area (Å²) in [6, 6.07) is -0.850. The molecule has 1 amide bonds. The lowest BCUT2D eigenvalue weighted by molar-refractivity contribution is -0.870. The Kier molecular flexibility index (Phi) is 54.2. The highest BCUT2D eigenvalue weighted by Crippen LogP contribution is 2.43. The number of hydrogen-bond donors (Lipinski definition) is 2. The number of quaternary nitrogens is 1. The second kappa shape index (κ2) is 55.5. The summed E-state index contributed by atoms with van der Waals surface area (Å²) in [5, 5.41) is 3.06. The van der Waals surface area contributed by atoms with Crippen LogP contribution in [0.2, 0.25) is 0 Å². The van der Waals surface area contributed by atoms with Gasteiger partial charge < -0.3 is 19.4 Å². The van der Waals surface area contributed by atoms with E-state index in [4.69, 9.17) is 13.8 Å². The smallest absolute Gasteiger partial charge is 0.456 e. The van der Waals surface area contributed by atoms with E-state index in [0.29, 0.717) is 23.9 Å². The number of ether oxygens (including phenoxy) is 1. The van der Waals surface area contributed by atoms with Gasteiger partial charge in [0.25, 0.3) is 0 Å².